The van der Waals surface area contributed by atoms with Crippen LogP contribution >= 0.6 is 0 Å². The molecular formula is C19H21N3O2. The van der Waals surface area contributed by atoms with Gasteiger partial charge in [-0.15, -0.1) is 0 Å². The molecule has 1 heterocycles. The molecule has 1 fully saturated rings. The lowest BCUT2D eigenvalue weighted by atomic mass is 9.77. The van der Waals surface area contributed by atoms with Crippen molar-refractivity contribution in [3.63, 3.8) is 0 Å². The second-order valence-electron chi connectivity index (χ2n) is 6.93. The molecule has 0 bridgehead atoms. The Morgan fingerprint density at radius 2 is 2.21 bits per heavy atom. The fourth-order valence-electron chi connectivity index (χ4n) is 3.66. The highest BCUT2D eigenvalue weighted by Gasteiger charge is 2.36. The van der Waals surface area contributed by atoms with Gasteiger partial charge in [-0.1, -0.05) is 19.4 Å². The number of aryl methyl sites for hydroxylation is 1. The molecule has 24 heavy (non-hydrogen) atoms. The van der Waals surface area contributed by atoms with E-state index in [9.17, 15) is 14.9 Å². The molecule has 2 aromatic rings. The van der Waals surface area contributed by atoms with Crippen LogP contribution in [0, 0.1) is 24.2 Å². The van der Waals surface area contributed by atoms with Gasteiger partial charge in [-0.05, 0) is 49.8 Å². The first-order chi connectivity index (χ1) is 11.4. The lowest BCUT2D eigenvalue weighted by Gasteiger charge is -2.35. The number of aromatic amines is 1. The third-order valence-electron chi connectivity index (χ3n) is 4.88. The van der Waals surface area contributed by atoms with Crippen LogP contribution in [0.5, 0.6) is 0 Å². The largest absolute Gasteiger partial charge is 0.334 e. The van der Waals surface area contributed by atoms with E-state index in [-0.39, 0.29) is 11.5 Å². The van der Waals surface area contributed by atoms with Crippen LogP contribution in [0.3, 0.4) is 0 Å². The zero-order valence-electron chi connectivity index (χ0n) is 14.0. The number of carbonyl (C=O) groups excluding carboxylic acids is 1. The number of nitriles is 1. The number of nitrogens with one attached hydrogen (secondary N) is 2. The van der Waals surface area contributed by atoms with Crippen LogP contribution < -0.4 is 10.9 Å². The summed E-state index contributed by atoms with van der Waals surface area (Å²) in [5.41, 5.74) is 0.985. The highest BCUT2D eigenvalue weighted by molar-refractivity contribution is 5.98. The fourth-order valence-corrected chi connectivity index (χ4v) is 3.66. The second kappa shape index (κ2) is 6.12. The van der Waals surface area contributed by atoms with Gasteiger partial charge in [-0.25, -0.2) is 0 Å². The van der Waals surface area contributed by atoms with Gasteiger partial charge >= 0.3 is 0 Å². The normalized spacial score (nSPS) is 23.6. The summed E-state index contributed by atoms with van der Waals surface area (Å²) < 4.78 is 0. The summed E-state index contributed by atoms with van der Waals surface area (Å²) in [6, 6.07) is 9.10. The smallest absolute Gasteiger partial charge is 0.252 e. The molecule has 1 aliphatic carbocycles. The molecule has 1 amide bonds. The van der Waals surface area contributed by atoms with E-state index >= 15 is 0 Å². The average molecular weight is 323 g/mol. The summed E-state index contributed by atoms with van der Waals surface area (Å²) in [6.45, 7) is 3.98. The Kier molecular flexibility index (Phi) is 4.15. The monoisotopic (exact) mass is 323 g/mol. The first kappa shape index (κ1) is 16.3. The van der Waals surface area contributed by atoms with Crippen molar-refractivity contribution in [2.75, 3.05) is 0 Å². The Morgan fingerprint density at radius 1 is 1.42 bits per heavy atom. The molecule has 2 N–H and O–H groups in total. The molecule has 2 unspecified atom stereocenters. The molecule has 0 spiro atoms. The third kappa shape index (κ3) is 3.05. The zero-order valence-corrected chi connectivity index (χ0v) is 14.0. The summed E-state index contributed by atoms with van der Waals surface area (Å²) in [6.07, 6.45) is 3.40. The molecule has 0 aliphatic heterocycles. The van der Waals surface area contributed by atoms with Crippen molar-refractivity contribution in [2.24, 2.45) is 5.92 Å². The minimum Gasteiger partial charge on any atom is -0.334 e. The SMILES string of the molecule is Cc1cc(=O)[nH]c2cc(C(=O)NC3(C#N)CCCC(C)C3)ccc12. The van der Waals surface area contributed by atoms with Crippen molar-refractivity contribution in [1.82, 2.24) is 10.3 Å². The van der Waals surface area contributed by atoms with Crippen LogP contribution in [-0.2, 0) is 0 Å². The van der Waals surface area contributed by atoms with Gasteiger partial charge in [0, 0.05) is 22.5 Å². The molecule has 5 nitrogen and oxygen atoms in total. The summed E-state index contributed by atoms with van der Waals surface area (Å²) in [7, 11) is 0. The molecule has 5 heteroatoms. The van der Waals surface area contributed by atoms with E-state index in [1.165, 1.54) is 6.07 Å². The van der Waals surface area contributed by atoms with E-state index in [4.69, 9.17) is 0 Å². The summed E-state index contributed by atoms with van der Waals surface area (Å²) >= 11 is 0. The Hall–Kier alpha value is -2.61. The Balaban J connectivity index is 1.91. The maximum absolute atomic E-state index is 12.6. The second-order valence-corrected chi connectivity index (χ2v) is 6.93. The van der Waals surface area contributed by atoms with Gasteiger partial charge in [0.25, 0.3) is 5.91 Å². The van der Waals surface area contributed by atoms with Crippen LogP contribution in [0.4, 0.5) is 0 Å². The van der Waals surface area contributed by atoms with Gasteiger partial charge in [0.15, 0.2) is 0 Å². The lowest BCUT2D eigenvalue weighted by molar-refractivity contribution is 0.0890. The number of nitrogens with zero attached hydrogens (tertiary/aromatic N) is 1. The average Bonchev–Trinajstić information content (AvgIpc) is 2.54. The Bertz CT molecular complexity index is 894. The van der Waals surface area contributed by atoms with E-state index in [0.717, 1.165) is 23.8 Å². The molecule has 1 aromatic heterocycles. The van der Waals surface area contributed by atoms with Crippen molar-refractivity contribution in [3.8, 4) is 6.07 Å². The molecule has 1 aliphatic rings. The number of aromatic nitrogens is 1. The number of pyridine rings is 1. The summed E-state index contributed by atoms with van der Waals surface area (Å²) in [5.74, 6) is 0.157. The number of hydrogen-bond acceptors (Lipinski definition) is 3. The van der Waals surface area contributed by atoms with Gasteiger partial charge in [0.05, 0.1) is 6.07 Å². The predicted molar refractivity (Wildman–Crippen MR) is 92.7 cm³/mol. The summed E-state index contributed by atoms with van der Waals surface area (Å²) in [4.78, 5) is 27.0. The highest BCUT2D eigenvalue weighted by Crippen LogP contribution is 2.32. The van der Waals surface area contributed by atoms with E-state index in [2.05, 4.69) is 23.3 Å². The van der Waals surface area contributed by atoms with Gasteiger partial charge < -0.3 is 10.3 Å². The van der Waals surface area contributed by atoms with Crippen LogP contribution in [0.15, 0.2) is 29.1 Å². The van der Waals surface area contributed by atoms with Crippen LogP contribution in [0.1, 0.15) is 48.5 Å². The van der Waals surface area contributed by atoms with Crippen LogP contribution in [0.25, 0.3) is 10.9 Å². The minimum absolute atomic E-state index is 0.188. The number of amides is 1. The lowest BCUT2D eigenvalue weighted by Crippen LogP contribution is -2.50. The van der Waals surface area contributed by atoms with Gasteiger partial charge in [-0.3, -0.25) is 9.59 Å². The van der Waals surface area contributed by atoms with Gasteiger partial charge in [0.1, 0.15) is 5.54 Å². The quantitative estimate of drug-likeness (QED) is 0.890. The standard InChI is InChI=1S/C19H21N3O2/c1-12-4-3-7-19(10-12,11-20)22-18(24)14-5-6-15-13(2)8-17(23)21-16(15)9-14/h5-6,8-9,12H,3-4,7,10H2,1-2H3,(H,21,23)(H,22,24). The van der Waals surface area contributed by atoms with Crippen molar-refractivity contribution in [3.05, 3.63) is 45.7 Å². The number of H-pyrrole nitrogens is 1. The van der Waals surface area contributed by atoms with E-state index in [0.29, 0.717) is 29.8 Å². The molecule has 0 radical (unpaired) electrons. The number of hydrogen-bond donors (Lipinski definition) is 2. The highest BCUT2D eigenvalue weighted by atomic mass is 16.1. The Morgan fingerprint density at radius 3 is 2.92 bits per heavy atom. The number of fused-ring (bicyclic) bond motifs is 1. The molecular weight excluding hydrogens is 302 g/mol. The summed E-state index contributed by atoms with van der Waals surface area (Å²) in [5, 5.41) is 13.4. The van der Waals surface area contributed by atoms with Crippen molar-refractivity contribution >= 4 is 16.8 Å². The fraction of sp³-hybridized carbons (Fsp3) is 0.421. The number of benzene rings is 1. The first-order valence-electron chi connectivity index (χ1n) is 8.30. The number of rotatable bonds is 2. The molecule has 2 atom stereocenters. The molecule has 0 saturated heterocycles. The molecule has 1 aromatic carbocycles. The van der Waals surface area contributed by atoms with Crippen molar-refractivity contribution < 1.29 is 4.79 Å². The van der Waals surface area contributed by atoms with Gasteiger partial charge in [-0.2, -0.15) is 5.26 Å². The predicted octanol–water partition coefficient (Wildman–Crippen LogP) is 3.04. The maximum atomic E-state index is 12.6. The van der Waals surface area contributed by atoms with Crippen molar-refractivity contribution in [2.45, 2.75) is 45.1 Å². The van der Waals surface area contributed by atoms with Crippen molar-refractivity contribution in [1.29, 1.82) is 5.26 Å². The third-order valence-corrected chi connectivity index (χ3v) is 4.88. The van der Waals surface area contributed by atoms with E-state index in [1.807, 2.05) is 13.0 Å². The molecule has 3 rings (SSSR count). The minimum atomic E-state index is -0.788. The van der Waals surface area contributed by atoms with Crippen LogP contribution in [-0.4, -0.2) is 16.4 Å². The van der Waals surface area contributed by atoms with Gasteiger partial charge in [0.2, 0.25) is 5.56 Å². The number of carbonyl (C=O) groups is 1. The first-order valence-corrected chi connectivity index (χ1v) is 8.30. The Labute approximate surface area is 140 Å². The van der Waals surface area contributed by atoms with Crippen LogP contribution in [0.2, 0.25) is 0 Å². The topological polar surface area (TPSA) is 85.8 Å². The van der Waals surface area contributed by atoms with E-state index in [1.54, 1.807) is 12.1 Å². The zero-order chi connectivity index (χ0) is 17.3. The van der Waals surface area contributed by atoms with E-state index < -0.39 is 5.54 Å². The maximum Gasteiger partial charge on any atom is 0.252 e. The molecule has 124 valence electrons. The molecule has 1 saturated carbocycles.